The molecule has 3 rings (SSSR count). The minimum Gasteiger partial charge on any atom is -0.379 e. The Bertz CT molecular complexity index is 573. The minimum absolute atomic E-state index is 0.0793. The highest BCUT2D eigenvalue weighted by atomic mass is 16.5. The summed E-state index contributed by atoms with van der Waals surface area (Å²) in [5.41, 5.74) is 0.759. The zero-order chi connectivity index (χ0) is 13.3. The number of nitrogens with one attached hydrogen (secondary N) is 2. The van der Waals surface area contributed by atoms with E-state index in [-0.39, 0.29) is 5.54 Å². The van der Waals surface area contributed by atoms with Gasteiger partial charge in [-0.3, -0.25) is 0 Å². The number of hydrogen-bond donors (Lipinski definition) is 2. The number of imidazole rings is 1. The van der Waals surface area contributed by atoms with Crippen molar-refractivity contribution in [3.8, 4) is 0 Å². The Morgan fingerprint density at radius 1 is 1.47 bits per heavy atom. The number of aromatic nitrogens is 3. The topological polar surface area (TPSA) is 63.5 Å². The van der Waals surface area contributed by atoms with Crippen LogP contribution in [0.1, 0.15) is 19.8 Å². The Balaban J connectivity index is 1.96. The lowest BCUT2D eigenvalue weighted by atomic mass is 9.95. The molecule has 6 heteroatoms. The smallest absolute Gasteiger partial charge is 0.180 e. The van der Waals surface area contributed by atoms with Crippen LogP contribution < -0.4 is 10.6 Å². The van der Waals surface area contributed by atoms with Crippen molar-refractivity contribution < 1.29 is 4.74 Å². The Hall–Kier alpha value is -1.82. The van der Waals surface area contributed by atoms with Crippen molar-refractivity contribution in [3.63, 3.8) is 0 Å². The van der Waals surface area contributed by atoms with Gasteiger partial charge >= 0.3 is 0 Å². The lowest BCUT2D eigenvalue weighted by molar-refractivity contribution is 0.0539. The van der Waals surface area contributed by atoms with E-state index in [0.717, 1.165) is 36.7 Å². The summed E-state index contributed by atoms with van der Waals surface area (Å²) in [6.45, 7) is 3.71. The van der Waals surface area contributed by atoms with Crippen LogP contribution in [-0.4, -0.2) is 40.2 Å². The molecule has 19 heavy (non-hydrogen) atoms. The molecule has 2 aromatic heterocycles. The largest absolute Gasteiger partial charge is 0.379 e. The van der Waals surface area contributed by atoms with Crippen molar-refractivity contribution in [1.82, 2.24) is 14.4 Å². The van der Waals surface area contributed by atoms with E-state index in [0.29, 0.717) is 6.61 Å². The maximum atomic E-state index is 5.57. The van der Waals surface area contributed by atoms with Crippen LogP contribution in [0.2, 0.25) is 0 Å². The summed E-state index contributed by atoms with van der Waals surface area (Å²) in [6.07, 6.45) is 7.77. The first-order valence-electron chi connectivity index (χ1n) is 6.58. The van der Waals surface area contributed by atoms with Gasteiger partial charge in [-0.25, -0.2) is 9.97 Å². The fraction of sp³-hybridized carbons (Fsp3) is 0.538. The molecule has 1 saturated heterocycles. The maximum absolute atomic E-state index is 5.57. The molecule has 3 heterocycles. The van der Waals surface area contributed by atoms with Gasteiger partial charge in [-0.2, -0.15) is 0 Å². The van der Waals surface area contributed by atoms with Crippen molar-refractivity contribution >= 4 is 17.3 Å². The van der Waals surface area contributed by atoms with Gasteiger partial charge in [0, 0.05) is 26.0 Å². The van der Waals surface area contributed by atoms with Gasteiger partial charge in [-0.1, -0.05) is 0 Å². The van der Waals surface area contributed by atoms with Crippen molar-refractivity contribution in [2.24, 2.45) is 0 Å². The Kier molecular flexibility index (Phi) is 3.02. The SMILES string of the molecule is CNc1cn2ccnc2c(NC2(C)CCCOC2)n1. The molecule has 0 aromatic carbocycles. The van der Waals surface area contributed by atoms with Gasteiger partial charge < -0.3 is 19.8 Å². The molecule has 1 atom stereocenters. The molecule has 0 spiro atoms. The number of anilines is 2. The van der Waals surface area contributed by atoms with Gasteiger partial charge in [-0.15, -0.1) is 0 Å². The quantitative estimate of drug-likeness (QED) is 0.881. The molecule has 102 valence electrons. The van der Waals surface area contributed by atoms with E-state index in [1.807, 2.05) is 23.8 Å². The van der Waals surface area contributed by atoms with Gasteiger partial charge in [0.05, 0.1) is 18.3 Å². The first-order valence-corrected chi connectivity index (χ1v) is 6.58. The third-order valence-corrected chi connectivity index (χ3v) is 3.49. The molecule has 0 bridgehead atoms. The molecule has 0 amide bonds. The number of hydrogen-bond acceptors (Lipinski definition) is 5. The molecular formula is C13H19N5O. The number of rotatable bonds is 3. The highest BCUT2D eigenvalue weighted by Crippen LogP contribution is 2.26. The third kappa shape index (κ3) is 2.35. The van der Waals surface area contributed by atoms with Crippen LogP contribution in [0, 0.1) is 0 Å². The van der Waals surface area contributed by atoms with Crippen molar-refractivity contribution in [2.45, 2.75) is 25.3 Å². The number of ether oxygens (including phenoxy) is 1. The van der Waals surface area contributed by atoms with Crippen LogP contribution in [0.4, 0.5) is 11.6 Å². The summed E-state index contributed by atoms with van der Waals surface area (Å²) < 4.78 is 7.54. The van der Waals surface area contributed by atoms with Crippen LogP contribution in [0.15, 0.2) is 18.6 Å². The van der Waals surface area contributed by atoms with Gasteiger partial charge in [0.25, 0.3) is 0 Å². The molecule has 0 saturated carbocycles. The van der Waals surface area contributed by atoms with E-state index in [1.54, 1.807) is 6.20 Å². The van der Waals surface area contributed by atoms with Crippen LogP contribution in [0.25, 0.3) is 5.65 Å². The van der Waals surface area contributed by atoms with Gasteiger partial charge in [0.15, 0.2) is 11.5 Å². The van der Waals surface area contributed by atoms with Gasteiger partial charge in [0.1, 0.15) is 5.82 Å². The van der Waals surface area contributed by atoms with E-state index in [2.05, 4.69) is 27.5 Å². The Morgan fingerprint density at radius 2 is 2.37 bits per heavy atom. The summed E-state index contributed by atoms with van der Waals surface area (Å²) in [6, 6.07) is 0. The molecule has 1 aliphatic rings. The standard InChI is InChI=1S/C13H19N5O/c1-13(4-3-7-19-9-13)17-11-12-15-5-6-18(12)8-10(14-2)16-11/h5-6,8,14H,3-4,7,9H2,1-2H3,(H,16,17). The Morgan fingerprint density at radius 3 is 3.11 bits per heavy atom. The van der Waals surface area contributed by atoms with E-state index in [1.165, 1.54) is 0 Å². The van der Waals surface area contributed by atoms with Crippen molar-refractivity contribution in [3.05, 3.63) is 18.6 Å². The molecule has 2 aromatic rings. The fourth-order valence-electron chi connectivity index (χ4n) is 2.45. The van der Waals surface area contributed by atoms with Crippen LogP contribution in [0.3, 0.4) is 0 Å². The summed E-state index contributed by atoms with van der Waals surface area (Å²) in [7, 11) is 1.86. The summed E-state index contributed by atoms with van der Waals surface area (Å²) in [5.74, 6) is 1.61. The zero-order valence-corrected chi connectivity index (χ0v) is 11.3. The van der Waals surface area contributed by atoms with Crippen LogP contribution in [0.5, 0.6) is 0 Å². The lowest BCUT2D eigenvalue weighted by Crippen LogP contribution is -2.43. The first-order chi connectivity index (χ1) is 9.20. The number of fused-ring (bicyclic) bond motifs is 1. The maximum Gasteiger partial charge on any atom is 0.180 e. The zero-order valence-electron chi connectivity index (χ0n) is 11.3. The predicted molar refractivity (Wildman–Crippen MR) is 74.6 cm³/mol. The minimum atomic E-state index is -0.0793. The molecule has 1 unspecified atom stereocenters. The molecule has 1 aliphatic heterocycles. The summed E-state index contributed by atoms with van der Waals surface area (Å²) in [5, 5.41) is 6.57. The van der Waals surface area contributed by atoms with Gasteiger partial charge in [0.2, 0.25) is 0 Å². The Labute approximate surface area is 112 Å². The highest BCUT2D eigenvalue weighted by Gasteiger charge is 2.28. The van der Waals surface area contributed by atoms with Crippen molar-refractivity contribution in [1.29, 1.82) is 0 Å². The van der Waals surface area contributed by atoms with Crippen LogP contribution >= 0.6 is 0 Å². The molecule has 1 fully saturated rings. The monoisotopic (exact) mass is 261 g/mol. The lowest BCUT2D eigenvalue weighted by Gasteiger charge is -2.34. The summed E-state index contributed by atoms with van der Waals surface area (Å²) >= 11 is 0. The number of nitrogens with zero attached hydrogens (tertiary/aromatic N) is 3. The molecule has 6 nitrogen and oxygen atoms in total. The summed E-state index contributed by atoms with van der Waals surface area (Å²) in [4.78, 5) is 8.93. The normalized spacial score (nSPS) is 23.5. The second-order valence-corrected chi connectivity index (χ2v) is 5.22. The molecule has 2 N–H and O–H groups in total. The van der Waals surface area contributed by atoms with E-state index < -0.39 is 0 Å². The van der Waals surface area contributed by atoms with E-state index >= 15 is 0 Å². The second-order valence-electron chi connectivity index (χ2n) is 5.22. The molecular weight excluding hydrogens is 242 g/mol. The van der Waals surface area contributed by atoms with E-state index in [4.69, 9.17) is 4.74 Å². The predicted octanol–water partition coefficient (Wildman–Crippen LogP) is 1.75. The van der Waals surface area contributed by atoms with Crippen LogP contribution in [-0.2, 0) is 4.74 Å². The fourth-order valence-corrected chi connectivity index (χ4v) is 2.45. The van der Waals surface area contributed by atoms with Crippen molar-refractivity contribution in [2.75, 3.05) is 30.9 Å². The average Bonchev–Trinajstić information content (AvgIpc) is 2.87. The van der Waals surface area contributed by atoms with E-state index in [9.17, 15) is 0 Å². The molecule has 0 aliphatic carbocycles. The van der Waals surface area contributed by atoms with Gasteiger partial charge in [-0.05, 0) is 19.8 Å². The highest BCUT2D eigenvalue weighted by molar-refractivity contribution is 5.66. The first kappa shape index (κ1) is 12.2. The molecule has 0 radical (unpaired) electrons. The average molecular weight is 261 g/mol. The second kappa shape index (κ2) is 4.70. The third-order valence-electron chi connectivity index (χ3n) is 3.49.